The van der Waals surface area contributed by atoms with E-state index in [-0.39, 0.29) is 18.0 Å². The maximum Gasteiger partial charge on any atom is 0.410 e. The summed E-state index contributed by atoms with van der Waals surface area (Å²) >= 11 is 0. The van der Waals surface area contributed by atoms with Crippen molar-refractivity contribution in [2.75, 3.05) is 13.1 Å². The molecular weight excluding hydrogens is 392 g/mol. The van der Waals surface area contributed by atoms with Gasteiger partial charge in [-0.3, -0.25) is 4.79 Å². The molecule has 1 saturated heterocycles. The highest BCUT2D eigenvalue weighted by molar-refractivity contribution is 5.95. The molecule has 1 aromatic carbocycles. The van der Waals surface area contributed by atoms with E-state index >= 15 is 0 Å². The Labute approximate surface area is 183 Å². The molecule has 1 aliphatic heterocycles. The molecule has 7 heteroatoms. The Hall–Kier alpha value is -2.96. The summed E-state index contributed by atoms with van der Waals surface area (Å²) in [6.45, 7) is 6.86. The van der Waals surface area contributed by atoms with Crippen LogP contribution in [0.15, 0.2) is 42.7 Å². The van der Waals surface area contributed by atoms with Crippen LogP contribution in [0.3, 0.4) is 0 Å². The number of rotatable bonds is 4. The molecule has 164 valence electrons. The minimum Gasteiger partial charge on any atom is -0.444 e. The summed E-state index contributed by atoms with van der Waals surface area (Å²) in [6, 6.07) is 10.1. The molecule has 0 atom stereocenters. The molecule has 2 fully saturated rings. The van der Waals surface area contributed by atoms with E-state index in [4.69, 9.17) is 4.74 Å². The van der Waals surface area contributed by atoms with Crippen molar-refractivity contribution in [3.05, 3.63) is 48.3 Å². The van der Waals surface area contributed by atoms with Gasteiger partial charge in [0, 0.05) is 36.3 Å². The van der Waals surface area contributed by atoms with Gasteiger partial charge in [-0.1, -0.05) is 12.1 Å². The van der Waals surface area contributed by atoms with E-state index in [9.17, 15) is 9.59 Å². The molecule has 1 aliphatic carbocycles. The molecule has 0 spiro atoms. The number of nitrogens with zero attached hydrogens (tertiary/aromatic N) is 4. The maximum absolute atomic E-state index is 13.4. The van der Waals surface area contributed by atoms with E-state index in [2.05, 4.69) is 15.1 Å². The van der Waals surface area contributed by atoms with Crippen molar-refractivity contribution < 1.29 is 14.3 Å². The van der Waals surface area contributed by atoms with Crippen molar-refractivity contribution in [3.8, 4) is 11.1 Å². The van der Waals surface area contributed by atoms with Crippen LogP contribution < -0.4 is 0 Å². The van der Waals surface area contributed by atoms with Gasteiger partial charge in [0.2, 0.25) is 0 Å². The van der Waals surface area contributed by atoms with Crippen LogP contribution >= 0.6 is 0 Å². The molecule has 4 rings (SSSR count). The number of likely N-dealkylation sites (tertiary alicyclic amines) is 1. The SMILES string of the molecule is CC(C)(C)OC(=O)N1CCC(N(C(=O)c2ccc(-c3ccnnc3)cc2)C2CC2)CC1. The van der Waals surface area contributed by atoms with Gasteiger partial charge in [-0.15, -0.1) is 0 Å². The zero-order valence-corrected chi connectivity index (χ0v) is 18.5. The Morgan fingerprint density at radius 2 is 1.58 bits per heavy atom. The number of hydrogen-bond acceptors (Lipinski definition) is 5. The fourth-order valence-corrected chi connectivity index (χ4v) is 4.05. The summed E-state index contributed by atoms with van der Waals surface area (Å²) in [4.78, 5) is 29.6. The third kappa shape index (κ3) is 5.21. The van der Waals surface area contributed by atoms with Crippen LogP contribution in [0.1, 0.15) is 56.8 Å². The van der Waals surface area contributed by atoms with Gasteiger partial charge in [-0.2, -0.15) is 10.2 Å². The number of aromatic nitrogens is 2. The van der Waals surface area contributed by atoms with E-state index < -0.39 is 5.60 Å². The van der Waals surface area contributed by atoms with Gasteiger partial charge in [0.25, 0.3) is 5.91 Å². The Morgan fingerprint density at radius 3 is 2.13 bits per heavy atom. The monoisotopic (exact) mass is 422 g/mol. The van der Waals surface area contributed by atoms with Gasteiger partial charge in [0.15, 0.2) is 0 Å². The van der Waals surface area contributed by atoms with E-state index in [1.165, 1.54) is 0 Å². The lowest BCUT2D eigenvalue weighted by Gasteiger charge is -2.39. The van der Waals surface area contributed by atoms with Crippen LogP contribution in [0.2, 0.25) is 0 Å². The fourth-order valence-electron chi connectivity index (χ4n) is 4.05. The topological polar surface area (TPSA) is 75.6 Å². The van der Waals surface area contributed by atoms with Crippen LogP contribution in [0, 0.1) is 0 Å². The molecule has 7 nitrogen and oxygen atoms in total. The van der Waals surface area contributed by atoms with Gasteiger partial charge < -0.3 is 14.5 Å². The second-order valence-corrected chi connectivity index (χ2v) is 9.35. The first-order valence-electron chi connectivity index (χ1n) is 11.0. The quantitative estimate of drug-likeness (QED) is 0.740. The van der Waals surface area contributed by atoms with Crippen LogP contribution in [-0.4, -0.2) is 62.8 Å². The highest BCUT2D eigenvalue weighted by Crippen LogP contribution is 2.34. The lowest BCUT2D eigenvalue weighted by atomic mass is 10.0. The Balaban J connectivity index is 1.41. The molecule has 2 amide bonds. The van der Waals surface area contributed by atoms with Gasteiger partial charge in [-0.25, -0.2) is 4.79 Å². The largest absolute Gasteiger partial charge is 0.444 e. The third-order valence-corrected chi connectivity index (χ3v) is 5.73. The molecule has 0 N–H and O–H groups in total. The number of benzene rings is 1. The number of carbonyl (C=O) groups is 2. The number of carbonyl (C=O) groups excluding carboxylic acids is 2. The second kappa shape index (κ2) is 8.65. The average molecular weight is 423 g/mol. The molecule has 31 heavy (non-hydrogen) atoms. The zero-order valence-electron chi connectivity index (χ0n) is 18.5. The molecule has 2 aromatic rings. The van der Waals surface area contributed by atoms with Crippen molar-refractivity contribution in [2.24, 2.45) is 0 Å². The van der Waals surface area contributed by atoms with E-state index in [0.717, 1.165) is 36.8 Å². The minimum absolute atomic E-state index is 0.0811. The van der Waals surface area contributed by atoms with Crippen LogP contribution in [-0.2, 0) is 4.74 Å². The lowest BCUT2D eigenvalue weighted by Crippen LogP contribution is -2.50. The normalized spacial score (nSPS) is 17.3. The smallest absolute Gasteiger partial charge is 0.410 e. The van der Waals surface area contributed by atoms with Crippen molar-refractivity contribution in [1.82, 2.24) is 20.0 Å². The first-order chi connectivity index (χ1) is 14.8. The molecular formula is C24H30N4O3. The summed E-state index contributed by atoms with van der Waals surface area (Å²) < 4.78 is 5.50. The highest BCUT2D eigenvalue weighted by Gasteiger charge is 2.39. The van der Waals surface area contributed by atoms with Crippen LogP contribution in [0.25, 0.3) is 11.1 Å². The van der Waals surface area contributed by atoms with Crippen molar-refractivity contribution in [1.29, 1.82) is 0 Å². The first-order valence-corrected chi connectivity index (χ1v) is 11.0. The molecule has 0 unspecified atom stereocenters. The summed E-state index contributed by atoms with van der Waals surface area (Å²) in [6.07, 6.45) is 6.78. The highest BCUT2D eigenvalue weighted by atomic mass is 16.6. The maximum atomic E-state index is 13.4. The fraction of sp³-hybridized carbons (Fsp3) is 0.500. The Morgan fingerprint density at radius 1 is 0.935 bits per heavy atom. The number of piperidine rings is 1. The Bertz CT molecular complexity index is 912. The van der Waals surface area contributed by atoms with Gasteiger partial charge >= 0.3 is 6.09 Å². The van der Waals surface area contributed by atoms with E-state index in [1.54, 1.807) is 17.3 Å². The van der Waals surface area contributed by atoms with Crippen LogP contribution in [0.5, 0.6) is 0 Å². The molecule has 2 aliphatic rings. The van der Waals surface area contributed by atoms with Crippen molar-refractivity contribution in [3.63, 3.8) is 0 Å². The third-order valence-electron chi connectivity index (χ3n) is 5.73. The number of ether oxygens (including phenoxy) is 1. The molecule has 1 saturated carbocycles. The lowest BCUT2D eigenvalue weighted by molar-refractivity contribution is 0.0142. The predicted octanol–water partition coefficient (Wildman–Crippen LogP) is 4.15. The zero-order chi connectivity index (χ0) is 22.0. The summed E-state index contributed by atoms with van der Waals surface area (Å²) in [5.41, 5.74) is 2.19. The predicted molar refractivity (Wildman–Crippen MR) is 117 cm³/mol. The minimum atomic E-state index is -0.498. The number of amides is 2. The van der Waals surface area contributed by atoms with Crippen molar-refractivity contribution in [2.45, 2.75) is 64.1 Å². The first kappa shape index (κ1) is 21.3. The molecule has 0 radical (unpaired) electrons. The standard InChI is InChI=1S/C24H30N4O3/c1-24(2,3)31-23(30)27-14-11-21(12-15-27)28(20-8-9-20)22(29)18-6-4-17(5-7-18)19-10-13-25-26-16-19/h4-7,10,13,16,20-21H,8-9,11-12,14-15H2,1-3H3. The van der Waals surface area contributed by atoms with Crippen molar-refractivity contribution >= 4 is 12.0 Å². The molecule has 1 aromatic heterocycles. The van der Waals surface area contributed by atoms with E-state index in [0.29, 0.717) is 24.7 Å². The van der Waals surface area contributed by atoms with Gasteiger partial charge in [0.1, 0.15) is 5.60 Å². The molecule has 0 bridgehead atoms. The van der Waals surface area contributed by atoms with Crippen LogP contribution in [0.4, 0.5) is 4.79 Å². The summed E-state index contributed by atoms with van der Waals surface area (Å²) in [5.74, 6) is 0.0811. The molecule has 2 heterocycles. The van der Waals surface area contributed by atoms with Gasteiger partial charge in [0.05, 0.1) is 12.4 Å². The van der Waals surface area contributed by atoms with E-state index in [1.807, 2.05) is 51.1 Å². The average Bonchev–Trinajstić information content (AvgIpc) is 3.59. The second-order valence-electron chi connectivity index (χ2n) is 9.35. The summed E-state index contributed by atoms with van der Waals surface area (Å²) in [7, 11) is 0. The summed E-state index contributed by atoms with van der Waals surface area (Å²) in [5, 5.41) is 7.72. The Kier molecular flexibility index (Phi) is 5.94. The van der Waals surface area contributed by atoms with Gasteiger partial charge in [-0.05, 0) is 70.2 Å². The number of hydrogen-bond donors (Lipinski definition) is 0.